The second-order valence-electron chi connectivity index (χ2n) is 4.50. The number of hydrogen-bond donors (Lipinski definition) is 1. The summed E-state index contributed by atoms with van der Waals surface area (Å²) in [5.41, 5.74) is 0. The molecular formula is C11H20N4O2S. The van der Waals surface area contributed by atoms with Crippen LogP contribution >= 0.6 is 0 Å². The largest absolute Gasteiger partial charge is 0.357 e. The Morgan fingerprint density at radius 3 is 2.33 bits per heavy atom. The van der Waals surface area contributed by atoms with E-state index in [0.717, 1.165) is 6.42 Å². The second-order valence-corrected chi connectivity index (χ2v) is 6.55. The van der Waals surface area contributed by atoms with E-state index in [1.165, 1.54) is 16.7 Å². The summed E-state index contributed by atoms with van der Waals surface area (Å²) in [5, 5.41) is 2.74. The summed E-state index contributed by atoms with van der Waals surface area (Å²) < 4.78 is 25.7. The van der Waals surface area contributed by atoms with Gasteiger partial charge in [0.1, 0.15) is 4.90 Å². The van der Waals surface area contributed by atoms with Gasteiger partial charge in [-0.05, 0) is 12.3 Å². The average molecular weight is 272 g/mol. The Balaban J connectivity index is 2.84. The molecule has 1 aromatic heterocycles. The molecule has 0 aromatic carbocycles. The summed E-state index contributed by atoms with van der Waals surface area (Å²) >= 11 is 0. The molecule has 0 spiro atoms. The van der Waals surface area contributed by atoms with E-state index in [1.54, 1.807) is 14.1 Å². The quantitative estimate of drug-likeness (QED) is 0.841. The summed E-state index contributed by atoms with van der Waals surface area (Å²) in [5.74, 6) is 0.865. The fraction of sp³-hybridized carbons (Fsp3) is 0.636. The predicted octanol–water partition coefficient (Wildman–Crippen LogP) is 1.18. The van der Waals surface area contributed by atoms with Crippen molar-refractivity contribution in [1.29, 1.82) is 0 Å². The molecule has 0 saturated heterocycles. The molecule has 1 aromatic rings. The number of hydrogen-bond acceptors (Lipinski definition) is 5. The van der Waals surface area contributed by atoms with Gasteiger partial charge in [-0.3, -0.25) is 0 Å². The van der Waals surface area contributed by atoms with Crippen LogP contribution in [0.5, 0.6) is 0 Å². The van der Waals surface area contributed by atoms with Gasteiger partial charge in [0, 0.05) is 20.6 Å². The summed E-state index contributed by atoms with van der Waals surface area (Å²) in [6.45, 7) is 4.62. The van der Waals surface area contributed by atoms with Crippen molar-refractivity contribution in [2.24, 2.45) is 5.92 Å². The van der Waals surface area contributed by atoms with E-state index >= 15 is 0 Å². The number of rotatable bonds is 6. The van der Waals surface area contributed by atoms with Crippen molar-refractivity contribution in [2.45, 2.75) is 25.2 Å². The maximum atomic E-state index is 12.2. The number of sulfonamides is 1. The van der Waals surface area contributed by atoms with Crippen LogP contribution in [0.15, 0.2) is 17.3 Å². The van der Waals surface area contributed by atoms with Crippen molar-refractivity contribution in [2.75, 3.05) is 26.0 Å². The maximum absolute atomic E-state index is 12.2. The van der Waals surface area contributed by atoms with Gasteiger partial charge in [0.2, 0.25) is 16.0 Å². The normalized spacial score (nSPS) is 12.1. The third-order valence-electron chi connectivity index (χ3n) is 2.58. The Kier molecular flexibility index (Phi) is 5.03. The van der Waals surface area contributed by atoms with Gasteiger partial charge in [-0.1, -0.05) is 13.8 Å². The van der Waals surface area contributed by atoms with Gasteiger partial charge in [0.15, 0.2) is 0 Å². The molecule has 18 heavy (non-hydrogen) atoms. The molecule has 0 bridgehead atoms. The van der Waals surface area contributed by atoms with Crippen LogP contribution in [0.2, 0.25) is 0 Å². The van der Waals surface area contributed by atoms with Crippen LogP contribution in [-0.4, -0.2) is 43.3 Å². The first-order valence-electron chi connectivity index (χ1n) is 5.84. The minimum Gasteiger partial charge on any atom is -0.357 e. The van der Waals surface area contributed by atoms with E-state index in [-0.39, 0.29) is 4.90 Å². The van der Waals surface area contributed by atoms with Crippen LogP contribution in [0, 0.1) is 5.92 Å². The minimum atomic E-state index is -3.48. The first kappa shape index (κ1) is 14.8. The molecule has 102 valence electrons. The summed E-state index contributed by atoms with van der Waals surface area (Å²) in [6.07, 6.45) is 3.46. The van der Waals surface area contributed by atoms with Crippen molar-refractivity contribution in [3.8, 4) is 0 Å². The lowest BCUT2D eigenvalue weighted by molar-refractivity contribution is 0.427. The molecular weight excluding hydrogens is 252 g/mol. The van der Waals surface area contributed by atoms with Gasteiger partial charge in [-0.15, -0.1) is 0 Å². The molecule has 0 radical (unpaired) electrons. The van der Waals surface area contributed by atoms with Crippen molar-refractivity contribution < 1.29 is 8.42 Å². The van der Waals surface area contributed by atoms with Crippen LogP contribution < -0.4 is 5.32 Å². The van der Waals surface area contributed by atoms with Gasteiger partial charge >= 0.3 is 0 Å². The molecule has 0 aliphatic rings. The lowest BCUT2D eigenvalue weighted by Gasteiger charge is -2.17. The van der Waals surface area contributed by atoms with Crippen LogP contribution in [0.3, 0.4) is 0 Å². The lowest BCUT2D eigenvalue weighted by atomic mass is 10.1. The minimum absolute atomic E-state index is 0.118. The third-order valence-corrected chi connectivity index (χ3v) is 4.39. The summed E-state index contributed by atoms with van der Waals surface area (Å²) in [6, 6.07) is 0. The smallest absolute Gasteiger partial charge is 0.245 e. The van der Waals surface area contributed by atoms with E-state index in [1.807, 2.05) is 0 Å². The topological polar surface area (TPSA) is 75.2 Å². The molecule has 0 aliphatic carbocycles. The third kappa shape index (κ3) is 3.64. The first-order valence-corrected chi connectivity index (χ1v) is 7.28. The second kappa shape index (κ2) is 6.10. The van der Waals surface area contributed by atoms with Gasteiger partial charge in [0.05, 0.1) is 12.4 Å². The van der Waals surface area contributed by atoms with Crippen LogP contribution in [0.4, 0.5) is 5.95 Å². The maximum Gasteiger partial charge on any atom is 0.245 e. The molecule has 7 heteroatoms. The molecule has 0 amide bonds. The highest BCUT2D eigenvalue weighted by molar-refractivity contribution is 7.89. The van der Waals surface area contributed by atoms with E-state index in [2.05, 4.69) is 29.1 Å². The summed E-state index contributed by atoms with van der Waals surface area (Å²) in [7, 11) is -0.227. The van der Waals surface area contributed by atoms with Crippen LogP contribution in [0.1, 0.15) is 20.3 Å². The molecule has 0 atom stereocenters. The Morgan fingerprint density at radius 1 is 1.33 bits per heavy atom. The molecule has 0 unspecified atom stereocenters. The van der Waals surface area contributed by atoms with Gasteiger partial charge in [-0.2, -0.15) is 0 Å². The number of anilines is 1. The van der Waals surface area contributed by atoms with Gasteiger partial charge in [0.25, 0.3) is 0 Å². The van der Waals surface area contributed by atoms with Crippen molar-refractivity contribution in [3.63, 3.8) is 0 Å². The fourth-order valence-corrected chi connectivity index (χ4v) is 2.40. The van der Waals surface area contributed by atoms with Gasteiger partial charge < -0.3 is 5.32 Å². The molecule has 0 fully saturated rings. The molecule has 1 heterocycles. The SMILES string of the molecule is CNc1ncc(S(=O)(=O)N(C)CCC(C)C)cn1. The van der Waals surface area contributed by atoms with Crippen LogP contribution in [-0.2, 0) is 10.0 Å². The Morgan fingerprint density at radius 2 is 1.89 bits per heavy atom. The Hall–Kier alpha value is -1.21. The highest BCUT2D eigenvalue weighted by atomic mass is 32.2. The number of aromatic nitrogens is 2. The zero-order valence-corrected chi connectivity index (χ0v) is 12.0. The standard InChI is InChI=1S/C11H20N4O2S/c1-9(2)5-6-15(4)18(16,17)10-7-13-11(12-3)14-8-10/h7-9H,5-6H2,1-4H3,(H,12,13,14). The van der Waals surface area contributed by atoms with Crippen molar-refractivity contribution in [1.82, 2.24) is 14.3 Å². The average Bonchev–Trinajstić information content (AvgIpc) is 2.35. The van der Waals surface area contributed by atoms with Crippen molar-refractivity contribution >= 4 is 16.0 Å². The predicted molar refractivity (Wildman–Crippen MR) is 70.8 cm³/mol. The van der Waals surface area contributed by atoms with E-state index in [0.29, 0.717) is 18.4 Å². The molecule has 1 rings (SSSR count). The molecule has 6 nitrogen and oxygen atoms in total. The highest BCUT2D eigenvalue weighted by Crippen LogP contribution is 2.14. The van der Waals surface area contributed by atoms with E-state index < -0.39 is 10.0 Å². The van der Waals surface area contributed by atoms with E-state index in [4.69, 9.17) is 0 Å². The molecule has 1 N–H and O–H groups in total. The highest BCUT2D eigenvalue weighted by Gasteiger charge is 2.21. The lowest BCUT2D eigenvalue weighted by Crippen LogP contribution is -2.29. The number of nitrogens with one attached hydrogen (secondary N) is 1. The monoisotopic (exact) mass is 272 g/mol. The van der Waals surface area contributed by atoms with Gasteiger partial charge in [-0.25, -0.2) is 22.7 Å². The Labute approximate surface area is 108 Å². The molecule has 0 aliphatic heterocycles. The fourth-order valence-electron chi connectivity index (χ4n) is 1.32. The zero-order valence-electron chi connectivity index (χ0n) is 11.2. The number of nitrogens with zero attached hydrogens (tertiary/aromatic N) is 3. The van der Waals surface area contributed by atoms with E-state index in [9.17, 15) is 8.42 Å². The first-order chi connectivity index (χ1) is 8.37. The van der Waals surface area contributed by atoms with Crippen molar-refractivity contribution in [3.05, 3.63) is 12.4 Å². The van der Waals surface area contributed by atoms with Crippen LogP contribution in [0.25, 0.3) is 0 Å². The summed E-state index contributed by atoms with van der Waals surface area (Å²) in [4.78, 5) is 7.94. The molecule has 0 saturated carbocycles. The Bertz CT molecular complexity index is 470. The zero-order chi connectivity index (χ0) is 13.8.